The van der Waals surface area contributed by atoms with Crippen molar-refractivity contribution in [2.45, 2.75) is 94.8 Å². The number of amidine groups is 1. The summed E-state index contributed by atoms with van der Waals surface area (Å²) in [5.74, 6) is 0.920. The Morgan fingerprint density at radius 3 is 2.20 bits per heavy atom. The Bertz CT molecular complexity index is 1790. The summed E-state index contributed by atoms with van der Waals surface area (Å²) in [5, 5.41) is 4.02. The molecule has 0 aliphatic carbocycles. The number of rotatable bonds is 13. The average molecular weight is 677 g/mol. The lowest BCUT2D eigenvalue weighted by Crippen LogP contribution is -2.35. The predicted molar refractivity (Wildman–Crippen MR) is 203 cm³/mol. The third-order valence-corrected chi connectivity index (χ3v) is 10.7. The van der Waals surface area contributed by atoms with Crippen molar-refractivity contribution in [2.24, 2.45) is 4.99 Å². The highest BCUT2D eigenvalue weighted by Crippen LogP contribution is 2.39. The number of thioether (sulfide) groups is 1. The van der Waals surface area contributed by atoms with E-state index >= 15 is 0 Å². The lowest BCUT2D eigenvalue weighted by atomic mass is 9.76. The molecule has 0 bridgehead atoms. The molecule has 0 unspecified atom stereocenters. The Kier molecular flexibility index (Phi) is 11.2. The van der Waals surface area contributed by atoms with Gasteiger partial charge < -0.3 is 10.1 Å². The summed E-state index contributed by atoms with van der Waals surface area (Å²) in [6.07, 6.45) is 1.77. The molecule has 1 heterocycles. The molecule has 1 fully saturated rings. The maximum absolute atomic E-state index is 13.7. The molecular weight excluding hydrogens is 629 g/mol. The Labute approximate surface area is 295 Å². The van der Waals surface area contributed by atoms with Crippen molar-refractivity contribution >= 4 is 46.5 Å². The molecule has 0 saturated carbocycles. The Morgan fingerprint density at radius 1 is 0.878 bits per heavy atom. The molecule has 0 aromatic heterocycles. The van der Waals surface area contributed by atoms with E-state index in [1.807, 2.05) is 97.9 Å². The van der Waals surface area contributed by atoms with Gasteiger partial charge in [0, 0.05) is 16.1 Å². The summed E-state index contributed by atoms with van der Waals surface area (Å²) in [7, 11) is 0. The number of amides is 2. The van der Waals surface area contributed by atoms with Gasteiger partial charge in [-0.3, -0.25) is 15.0 Å². The molecule has 8 heteroatoms. The highest BCUT2D eigenvalue weighted by Gasteiger charge is 2.39. The topological polar surface area (TPSA) is 83.0 Å². The first-order chi connectivity index (χ1) is 23.5. The molecule has 0 radical (unpaired) electrons. The van der Waals surface area contributed by atoms with Gasteiger partial charge in [0.15, 0.2) is 6.10 Å². The zero-order valence-electron chi connectivity index (χ0n) is 29.6. The average Bonchev–Trinajstić information content (AvgIpc) is 3.41. The molecule has 4 aromatic carbocycles. The van der Waals surface area contributed by atoms with Gasteiger partial charge >= 0.3 is 0 Å². The van der Waals surface area contributed by atoms with Crippen molar-refractivity contribution < 1.29 is 14.3 Å². The van der Waals surface area contributed by atoms with E-state index in [4.69, 9.17) is 9.73 Å². The third-order valence-electron chi connectivity index (χ3n) is 9.48. The van der Waals surface area contributed by atoms with E-state index in [0.29, 0.717) is 23.6 Å². The SMILES string of the molecule is CC[C@@H](Oc1ccc(C(C)(C)CC)cc1C(C)(C)CC)C(=O)Nc1cccc(N=C2NN(c3ccccc3)C(=O)[C@H]2Sc2ccccc2)c1. The van der Waals surface area contributed by atoms with E-state index in [-0.39, 0.29) is 22.6 Å². The van der Waals surface area contributed by atoms with Gasteiger partial charge in [-0.15, -0.1) is 11.8 Å². The van der Waals surface area contributed by atoms with E-state index in [1.165, 1.54) is 22.3 Å². The van der Waals surface area contributed by atoms with Gasteiger partial charge in [-0.05, 0) is 84.2 Å². The normalized spacial score (nSPS) is 16.4. The van der Waals surface area contributed by atoms with Crippen molar-refractivity contribution in [3.05, 3.63) is 114 Å². The second-order valence-electron chi connectivity index (χ2n) is 13.7. The van der Waals surface area contributed by atoms with Crippen molar-refractivity contribution in [3.8, 4) is 5.75 Å². The summed E-state index contributed by atoms with van der Waals surface area (Å²) in [4.78, 5) is 33.2. The number of ether oxygens (including phenoxy) is 1. The van der Waals surface area contributed by atoms with Gasteiger partial charge in [0.1, 0.15) is 16.8 Å². The third kappa shape index (κ3) is 8.36. The number of benzene rings is 4. The Morgan fingerprint density at radius 2 is 1.55 bits per heavy atom. The first kappa shape index (κ1) is 35.7. The number of para-hydroxylation sites is 1. The van der Waals surface area contributed by atoms with Crippen LogP contribution < -0.4 is 20.5 Å². The fourth-order valence-electron chi connectivity index (χ4n) is 5.52. The first-order valence-electron chi connectivity index (χ1n) is 17.1. The maximum atomic E-state index is 13.7. The lowest BCUT2D eigenvalue weighted by Gasteiger charge is -2.31. The minimum absolute atomic E-state index is 0.0361. The van der Waals surface area contributed by atoms with Crippen molar-refractivity contribution in [1.29, 1.82) is 0 Å². The molecule has 1 aliphatic rings. The summed E-state index contributed by atoms with van der Waals surface area (Å²) in [6, 6.07) is 33.1. The molecule has 256 valence electrons. The van der Waals surface area contributed by atoms with Crippen LogP contribution in [0.15, 0.2) is 113 Å². The number of hydrogen-bond donors (Lipinski definition) is 2. The number of hydrogen-bond acceptors (Lipinski definition) is 5. The van der Waals surface area contributed by atoms with Crippen LogP contribution >= 0.6 is 11.8 Å². The minimum atomic E-state index is -0.688. The van der Waals surface area contributed by atoms with Crippen molar-refractivity contribution in [3.63, 3.8) is 0 Å². The predicted octanol–water partition coefficient (Wildman–Crippen LogP) is 9.60. The second kappa shape index (κ2) is 15.3. The molecular formula is C41H48N4O3S. The molecule has 5 rings (SSSR count). The highest BCUT2D eigenvalue weighted by molar-refractivity contribution is 8.01. The number of carbonyl (C=O) groups is 2. The summed E-state index contributed by atoms with van der Waals surface area (Å²) >= 11 is 1.44. The Hall–Kier alpha value is -4.56. The van der Waals surface area contributed by atoms with Crippen LogP contribution in [0.5, 0.6) is 5.75 Å². The summed E-state index contributed by atoms with van der Waals surface area (Å²) in [6.45, 7) is 15.3. The van der Waals surface area contributed by atoms with Gasteiger partial charge in [0.2, 0.25) is 0 Å². The van der Waals surface area contributed by atoms with Gasteiger partial charge in [0.05, 0.1) is 11.4 Å². The number of anilines is 2. The smallest absolute Gasteiger partial charge is 0.266 e. The number of nitrogens with zero attached hydrogens (tertiary/aromatic N) is 2. The Balaban J connectivity index is 1.38. The van der Waals surface area contributed by atoms with Crippen molar-refractivity contribution in [1.82, 2.24) is 5.43 Å². The van der Waals surface area contributed by atoms with Crippen LogP contribution in [0.4, 0.5) is 17.1 Å². The minimum Gasteiger partial charge on any atom is -0.480 e. The van der Waals surface area contributed by atoms with Crippen LogP contribution in [0.3, 0.4) is 0 Å². The first-order valence-corrected chi connectivity index (χ1v) is 18.0. The zero-order valence-corrected chi connectivity index (χ0v) is 30.4. The number of nitrogens with one attached hydrogen (secondary N) is 2. The van der Waals surface area contributed by atoms with Crippen LogP contribution in [-0.2, 0) is 20.4 Å². The van der Waals surface area contributed by atoms with Crippen LogP contribution in [-0.4, -0.2) is 29.0 Å². The van der Waals surface area contributed by atoms with Crippen molar-refractivity contribution in [2.75, 3.05) is 10.3 Å². The number of hydrazine groups is 1. The summed E-state index contributed by atoms with van der Waals surface area (Å²) in [5.41, 5.74) is 7.47. The quantitative estimate of drug-likeness (QED) is 0.147. The highest BCUT2D eigenvalue weighted by atomic mass is 32.2. The van der Waals surface area contributed by atoms with Crippen LogP contribution in [0.2, 0.25) is 0 Å². The molecule has 1 saturated heterocycles. The van der Waals surface area contributed by atoms with Gasteiger partial charge in [0.25, 0.3) is 11.8 Å². The largest absolute Gasteiger partial charge is 0.480 e. The molecule has 2 amide bonds. The summed E-state index contributed by atoms with van der Waals surface area (Å²) < 4.78 is 6.50. The van der Waals surface area contributed by atoms with Gasteiger partial charge in [-0.2, -0.15) is 0 Å². The molecule has 2 N–H and O–H groups in total. The molecule has 49 heavy (non-hydrogen) atoms. The number of carbonyl (C=O) groups excluding carboxylic acids is 2. The fourth-order valence-corrected chi connectivity index (χ4v) is 6.53. The molecule has 4 aromatic rings. The number of aliphatic imine (C=N–C) groups is 1. The second-order valence-corrected chi connectivity index (χ2v) is 14.8. The van der Waals surface area contributed by atoms with Gasteiger partial charge in [-0.1, -0.05) is 103 Å². The standard InChI is InChI=1S/C41H48N4O3S/c1-8-34(48-35-25-24-28(40(4,5)9-2)26-33(35)41(6,7)10-3)38(46)43-30-19-17-18-29(27-30)42-37-36(49-32-22-15-12-16-23-32)39(47)45(44-37)31-20-13-11-14-21-31/h11-27,34,36H,8-10H2,1-7H3,(H,42,44)(H,43,46)/t34-,36+/m1/s1. The molecule has 0 spiro atoms. The van der Waals surface area contributed by atoms with E-state index < -0.39 is 11.4 Å². The molecule has 2 atom stereocenters. The molecule has 7 nitrogen and oxygen atoms in total. The van der Waals surface area contributed by atoms with E-state index in [9.17, 15) is 9.59 Å². The van der Waals surface area contributed by atoms with Crippen LogP contribution in [0.1, 0.15) is 78.9 Å². The zero-order chi connectivity index (χ0) is 35.2. The lowest BCUT2D eigenvalue weighted by molar-refractivity contribution is -0.123. The van der Waals surface area contributed by atoms with Gasteiger partial charge in [-0.25, -0.2) is 10.0 Å². The van der Waals surface area contributed by atoms with E-state index in [2.05, 4.69) is 64.4 Å². The van der Waals surface area contributed by atoms with E-state index in [1.54, 1.807) is 0 Å². The maximum Gasteiger partial charge on any atom is 0.266 e. The molecule has 1 aliphatic heterocycles. The monoisotopic (exact) mass is 676 g/mol. The van der Waals surface area contributed by atoms with E-state index in [0.717, 1.165) is 34.7 Å². The van der Waals surface area contributed by atoms with Crippen LogP contribution in [0.25, 0.3) is 0 Å². The van der Waals surface area contributed by atoms with Crippen LogP contribution in [0, 0.1) is 0 Å². The fraction of sp³-hybridized carbons (Fsp3) is 0.341.